The van der Waals surface area contributed by atoms with Gasteiger partial charge in [-0.25, -0.2) is 13.6 Å². The molecule has 4 aromatic rings. The number of rotatable bonds is 6. The third-order valence-electron chi connectivity index (χ3n) is 5.65. The molecule has 0 saturated heterocycles. The second kappa shape index (κ2) is 10.6. The largest absolute Gasteiger partial charge is 0.419 e. The van der Waals surface area contributed by atoms with Gasteiger partial charge in [-0.3, -0.25) is 4.98 Å². The number of anilines is 1. The molecule has 3 aromatic carbocycles. The quantitative estimate of drug-likeness (QED) is 0.256. The molecule has 2 N–H and O–H groups in total. The van der Waals surface area contributed by atoms with Crippen LogP contribution in [0.1, 0.15) is 22.4 Å². The van der Waals surface area contributed by atoms with E-state index >= 15 is 4.39 Å². The van der Waals surface area contributed by atoms with E-state index < -0.39 is 40.5 Å². The number of hydrogen-bond donors (Lipinski definition) is 2. The zero-order chi connectivity index (χ0) is 26.6. The van der Waals surface area contributed by atoms with Crippen LogP contribution in [-0.2, 0) is 18.1 Å². The Bertz CT molecular complexity index is 1400. The van der Waals surface area contributed by atoms with Crippen molar-refractivity contribution in [1.29, 1.82) is 0 Å². The summed E-state index contributed by atoms with van der Waals surface area (Å²) in [6.07, 6.45) is -3.92. The highest BCUT2D eigenvalue weighted by Gasteiger charge is 2.43. The third-order valence-corrected chi connectivity index (χ3v) is 5.87. The first-order valence-electron chi connectivity index (χ1n) is 11.0. The van der Waals surface area contributed by atoms with Gasteiger partial charge in [0.25, 0.3) is 0 Å². The van der Waals surface area contributed by atoms with Crippen LogP contribution < -0.4 is 10.6 Å². The average Bonchev–Trinajstić information content (AvgIpc) is 2.84. The van der Waals surface area contributed by atoms with E-state index in [9.17, 15) is 22.4 Å². The molecular formula is C27H19ClF5N3O. The molecule has 0 fully saturated rings. The molecule has 0 unspecified atom stereocenters. The molecule has 2 amide bonds. The lowest BCUT2D eigenvalue weighted by molar-refractivity contribution is -0.140. The Labute approximate surface area is 214 Å². The molecule has 0 spiro atoms. The summed E-state index contributed by atoms with van der Waals surface area (Å²) in [6, 6.07) is 18.3. The van der Waals surface area contributed by atoms with Crippen molar-refractivity contribution in [2.75, 3.05) is 5.32 Å². The van der Waals surface area contributed by atoms with Gasteiger partial charge in [0, 0.05) is 23.9 Å². The van der Waals surface area contributed by atoms with Crippen molar-refractivity contribution in [3.63, 3.8) is 0 Å². The highest BCUT2D eigenvalue weighted by molar-refractivity contribution is 6.30. The number of alkyl halides is 3. The van der Waals surface area contributed by atoms with E-state index in [0.29, 0.717) is 11.6 Å². The molecule has 0 radical (unpaired) electrons. The third kappa shape index (κ3) is 5.89. The summed E-state index contributed by atoms with van der Waals surface area (Å²) in [5.74, 6) is -2.18. The Hall–Kier alpha value is -3.98. The number of benzene rings is 3. The van der Waals surface area contributed by atoms with Gasteiger partial charge in [-0.15, -0.1) is 0 Å². The Balaban J connectivity index is 1.92. The zero-order valence-corrected chi connectivity index (χ0v) is 19.7. The van der Waals surface area contributed by atoms with Crippen LogP contribution in [-0.4, -0.2) is 11.0 Å². The van der Waals surface area contributed by atoms with Gasteiger partial charge in [-0.1, -0.05) is 60.1 Å². The van der Waals surface area contributed by atoms with Gasteiger partial charge in [-0.05, 0) is 42.0 Å². The second-order valence-electron chi connectivity index (χ2n) is 8.18. The molecule has 1 heterocycles. The number of nitrogens with one attached hydrogen (secondary N) is 2. The van der Waals surface area contributed by atoms with Gasteiger partial charge < -0.3 is 10.6 Å². The number of amides is 2. The fourth-order valence-electron chi connectivity index (χ4n) is 4.03. The lowest BCUT2D eigenvalue weighted by atomic mass is 9.79. The highest BCUT2D eigenvalue weighted by atomic mass is 35.5. The topological polar surface area (TPSA) is 54.0 Å². The lowest BCUT2D eigenvalue weighted by Crippen LogP contribution is -2.51. The number of pyridine rings is 1. The van der Waals surface area contributed by atoms with Crippen LogP contribution in [0.2, 0.25) is 5.02 Å². The Kier molecular flexibility index (Phi) is 7.45. The first-order chi connectivity index (χ1) is 17.6. The SMILES string of the molecule is O=C(Nc1cccc(F)c1)N[C@@](Cc1ccccc1)(c1ccc(Cl)cn1)c1cccc(C(F)(F)F)c1F. The first-order valence-corrected chi connectivity index (χ1v) is 11.3. The molecule has 0 aliphatic heterocycles. The standard InChI is InChI=1S/C27H19ClF5N3O/c28-18-12-13-23(34-16-18)26(15-17-6-2-1-3-7-17,21-10-5-11-22(24(21)30)27(31,32)33)36-25(37)35-20-9-4-8-19(29)14-20/h1-14,16H,15H2,(H2,35,36,37)/t26-/m1/s1. The average molecular weight is 532 g/mol. The van der Waals surface area contributed by atoms with Crippen LogP contribution in [0.5, 0.6) is 0 Å². The number of halogens is 6. The van der Waals surface area contributed by atoms with Crippen LogP contribution in [0.4, 0.5) is 32.4 Å². The fourth-order valence-corrected chi connectivity index (χ4v) is 4.14. The predicted octanol–water partition coefficient (Wildman–Crippen LogP) is 7.34. The Morgan fingerprint density at radius 1 is 0.865 bits per heavy atom. The number of aromatic nitrogens is 1. The van der Waals surface area contributed by atoms with Crippen molar-refractivity contribution in [1.82, 2.24) is 10.3 Å². The van der Waals surface area contributed by atoms with Crippen molar-refractivity contribution in [2.45, 2.75) is 18.1 Å². The molecule has 1 aromatic heterocycles. The number of urea groups is 1. The van der Waals surface area contributed by atoms with Crippen molar-refractivity contribution in [3.05, 3.63) is 130 Å². The van der Waals surface area contributed by atoms with E-state index in [2.05, 4.69) is 15.6 Å². The minimum absolute atomic E-state index is 0.0355. The van der Waals surface area contributed by atoms with E-state index in [1.165, 1.54) is 36.5 Å². The summed E-state index contributed by atoms with van der Waals surface area (Å²) >= 11 is 5.99. The van der Waals surface area contributed by atoms with E-state index in [1.807, 2.05) is 0 Å². The van der Waals surface area contributed by atoms with Gasteiger partial charge in [0.1, 0.15) is 17.2 Å². The summed E-state index contributed by atoms with van der Waals surface area (Å²) in [5, 5.41) is 5.31. The maximum absolute atomic E-state index is 15.7. The first kappa shape index (κ1) is 26.1. The summed E-state index contributed by atoms with van der Waals surface area (Å²) in [6.45, 7) is 0. The summed E-state index contributed by atoms with van der Waals surface area (Å²) < 4.78 is 70.4. The normalized spacial score (nSPS) is 13.0. The molecular weight excluding hydrogens is 513 g/mol. The zero-order valence-electron chi connectivity index (χ0n) is 19.0. The molecule has 0 aliphatic rings. The summed E-state index contributed by atoms with van der Waals surface area (Å²) in [5.41, 5.74) is -3.19. The molecule has 1 atom stereocenters. The Morgan fingerprint density at radius 2 is 1.57 bits per heavy atom. The smallest absolute Gasteiger partial charge is 0.322 e. The maximum Gasteiger partial charge on any atom is 0.419 e. The highest BCUT2D eigenvalue weighted by Crippen LogP contribution is 2.39. The van der Waals surface area contributed by atoms with Crippen LogP contribution in [0.25, 0.3) is 0 Å². The van der Waals surface area contributed by atoms with E-state index in [-0.39, 0.29) is 22.8 Å². The molecule has 37 heavy (non-hydrogen) atoms. The fraction of sp³-hybridized carbons (Fsp3) is 0.111. The molecule has 0 saturated carbocycles. The van der Waals surface area contributed by atoms with Crippen LogP contribution in [0, 0.1) is 11.6 Å². The van der Waals surface area contributed by atoms with E-state index in [0.717, 1.165) is 18.2 Å². The van der Waals surface area contributed by atoms with Crippen molar-refractivity contribution in [2.24, 2.45) is 0 Å². The van der Waals surface area contributed by atoms with Crippen LogP contribution in [0.15, 0.2) is 91.1 Å². The van der Waals surface area contributed by atoms with E-state index in [1.54, 1.807) is 30.3 Å². The molecule has 190 valence electrons. The monoisotopic (exact) mass is 531 g/mol. The molecule has 4 rings (SSSR count). The molecule has 4 nitrogen and oxygen atoms in total. The minimum atomic E-state index is -4.99. The number of hydrogen-bond acceptors (Lipinski definition) is 2. The predicted molar refractivity (Wildman–Crippen MR) is 130 cm³/mol. The number of nitrogens with zero attached hydrogens (tertiary/aromatic N) is 1. The number of carbonyl (C=O) groups excluding carboxylic acids is 1. The van der Waals surface area contributed by atoms with Crippen LogP contribution >= 0.6 is 11.6 Å². The van der Waals surface area contributed by atoms with Gasteiger partial charge in [0.15, 0.2) is 0 Å². The second-order valence-corrected chi connectivity index (χ2v) is 8.62. The molecule has 0 bridgehead atoms. The summed E-state index contributed by atoms with van der Waals surface area (Å²) in [4.78, 5) is 17.4. The van der Waals surface area contributed by atoms with Crippen molar-refractivity contribution >= 4 is 23.3 Å². The van der Waals surface area contributed by atoms with Gasteiger partial charge in [0.2, 0.25) is 0 Å². The minimum Gasteiger partial charge on any atom is -0.322 e. The van der Waals surface area contributed by atoms with Gasteiger partial charge in [0.05, 0.1) is 16.3 Å². The molecule has 10 heteroatoms. The van der Waals surface area contributed by atoms with Crippen LogP contribution in [0.3, 0.4) is 0 Å². The van der Waals surface area contributed by atoms with Crippen molar-refractivity contribution < 1.29 is 26.7 Å². The lowest BCUT2D eigenvalue weighted by Gasteiger charge is -2.36. The maximum atomic E-state index is 15.7. The van der Waals surface area contributed by atoms with Crippen molar-refractivity contribution in [3.8, 4) is 0 Å². The molecule has 0 aliphatic carbocycles. The van der Waals surface area contributed by atoms with E-state index in [4.69, 9.17) is 11.6 Å². The number of carbonyl (C=O) groups is 1. The van der Waals surface area contributed by atoms with Gasteiger partial charge >= 0.3 is 12.2 Å². The summed E-state index contributed by atoms with van der Waals surface area (Å²) in [7, 11) is 0. The Morgan fingerprint density at radius 3 is 2.22 bits per heavy atom. The van der Waals surface area contributed by atoms with Gasteiger partial charge in [-0.2, -0.15) is 13.2 Å².